The maximum Gasteiger partial charge on any atom is 0.228 e. The highest BCUT2D eigenvalue weighted by atomic mass is 79.9. The van der Waals surface area contributed by atoms with Crippen LogP contribution < -0.4 is 0 Å². The van der Waals surface area contributed by atoms with Gasteiger partial charge in [-0.2, -0.15) is 0 Å². The lowest BCUT2D eigenvalue weighted by atomic mass is 10.1. The highest BCUT2D eigenvalue weighted by molar-refractivity contribution is 9.10. The van der Waals surface area contributed by atoms with E-state index in [1.165, 1.54) is 0 Å². The molecule has 15 heavy (non-hydrogen) atoms. The Labute approximate surface area is 96.0 Å². The second kappa shape index (κ2) is 4.03. The summed E-state index contributed by atoms with van der Waals surface area (Å²) in [6, 6.07) is 10.7. The van der Waals surface area contributed by atoms with E-state index in [2.05, 4.69) is 15.9 Å². The normalized spacial score (nSPS) is 10.3. The van der Waals surface area contributed by atoms with Gasteiger partial charge in [-0.15, -0.1) is 0 Å². The number of halogens is 1. The third-order valence-corrected chi connectivity index (χ3v) is 2.54. The number of ketones is 1. The SMILES string of the molecule is Cc1ccc(C(=O)c2cccc(Br)c2)o1. The maximum absolute atomic E-state index is 11.9. The lowest BCUT2D eigenvalue weighted by Crippen LogP contribution is -1.98. The van der Waals surface area contributed by atoms with Gasteiger partial charge in [0.05, 0.1) is 0 Å². The van der Waals surface area contributed by atoms with Crippen molar-refractivity contribution in [1.29, 1.82) is 0 Å². The average Bonchev–Trinajstić information content (AvgIpc) is 2.64. The minimum atomic E-state index is -0.0931. The second-order valence-corrected chi connectivity index (χ2v) is 4.17. The molecule has 0 aliphatic carbocycles. The van der Waals surface area contributed by atoms with Crippen LogP contribution >= 0.6 is 15.9 Å². The standard InChI is InChI=1S/C12H9BrO2/c1-8-5-6-11(15-8)12(14)9-3-2-4-10(13)7-9/h2-7H,1H3. The summed E-state index contributed by atoms with van der Waals surface area (Å²) in [5.74, 6) is 1.03. The third kappa shape index (κ3) is 2.18. The van der Waals surface area contributed by atoms with E-state index >= 15 is 0 Å². The van der Waals surface area contributed by atoms with Crippen LogP contribution in [0.15, 0.2) is 45.3 Å². The Morgan fingerprint density at radius 3 is 2.67 bits per heavy atom. The zero-order valence-corrected chi connectivity index (χ0v) is 9.74. The van der Waals surface area contributed by atoms with E-state index in [9.17, 15) is 4.79 Å². The number of carbonyl (C=O) groups excluding carboxylic acids is 1. The first-order valence-electron chi connectivity index (χ1n) is 4.53. The smallest absolute Gasteiger partial charge is 0.228 e. The minimum absolute atomic E-state index is 0.0931. The number of hydrogen-bond acceptors (Lipinski definition) is 2. The Kier molecular flexibility index (Phi) is 2.73. The van der Waals surface area contributed by atoms with Crippen molar-refractivity contribution < 1.29 is 9.21 Å². The fraction of sp³-hybridized carbons (Fsp3) is 0.0833. The summed E-state index contributed by atoms with van der Waals surface area (Å²) >= 11 is 3.33. The van der Waals surface area contributed by atoms with E-state index in [0.717, 1.165) is 10.2 Å². The average molecular weight is 265 g/mol. The Morgan fingerprint density at radius 2 is 2.07 bits per heavy atom. The molecule has 0 N–H and O–H groups in total. The highest BCUT2D eigenvalue weighted by Crippen LogP contribution is 2.16. The van der Waals surface area contributed by atoms with Gasteiger partial charge < -0.3 is 4.42 Å². The first-order valence-corrected chi connectivity index (χ1v) is 5.33. The van der Waals surface area contributed by atoms with E-state index in [-0.39, 0.29) is 5.78 Å². The van der Waals surface area contributed by atoms with Crippen molar-refractivity contribution >= 4 is 21.7 Å². The van der Waals surface area contributed by atoms with Crippen LogP contribution in [0.5, 0.6) is 0 Å². The van der Waals surface area contributed by atoms with Crippen LogP contribution in [0.25, 0.3) is 0 Å². The molecule has 0 atom stereocenters. The van der Waals surface area contributed by atoms with Gasteiger partial charge in [0.15, 0.2) is 5.76 Å². The van der Waals surface area contributed by atoms with Crippen molar-refractivity contribution in [3.05, 3.63) is 58.0 Å². The molecule has 76 valence electrons. The molecule has 0 aliphatic heterocycles. The van der Waals surface area contributed by atoms with Crippen molar-refractivity contribution in [3.8, 4) is 0 Å². The summed E-state index contributed by atoms with van der Waals surface area (Å²) in [7, 11) is 0. The molecule has 1 aromatic carbocycles. The van der Waals surface area contributed by atoms with E-state index in [4.69, 9.17) is 4.42 Å². The van der Waals surface area contributed by atoms with Crippen molar-refractivity contribution in [2.24, 2.45) is 0 Å². The van der Waals surface area contributed by atoms with Gasteiger partial charge in [-0.25, -0.2) is 0 Å². The molecule has 0 bridgehead atoms. The summed E-state index contributed by atoms with van der Waals surface area (Å²) < 4.78 is 6.16. The fourth-order valence-corrected chi connectivity index (χ4v) is 1.73. The molecule has 0 unspecified atom stereocenters. The van der Waals surface area contributed by atoms with Crippen LogP contribution in [0.4, 0.5) is 0 Å². The Morgan fingerprint density at radius 1 is 1.27 bits per heavy atom. The quantitative estimate of drug-likeness (QED) is 0.777. The maximum atomic E-state index is 11.9. The number of aryl methyl sites for hydroxylation is 1. The van der Waals surface area contributed by atoms with E-state index in [1.54, 1.807) is 24.3 Å². The Hall–Kier alpha value is -1.35. The van der Waals surface area contributed by atoms with Crippen molar-refractivity contribution in [1.82, 2.24) is 0 Å². The van der Waals surface area contributed by atoms with Crippen LogP contribution in [0.3, 0.4) is 0 Å². The number of furan rings is 1. The van der Waals surface area contributed by atoms with Crippen LogP contribution in [-0.4, -0.2) is 5.78 Å². The molecule has 0 fully saturated rings. The predicted molar refractivity (Wildman–Crippen MR) is 61.0 cm³/mol. The van der Waals surface area contributed by atoms with Crippen LogP contribution in [0.1, 0.15) is 21.9 Å². The molecule has 0 saturated carbocycles. The molecule has 0 saturated heterocycles. The van der Waals surface area contributed by atoms with Gasteiger partial charge in [-0.3, -0.25) is 4.79 Å². The third-order valence-electron chi connectivity index (χ3n) is 2.05. The summed E-state index contributed by atoms with van der Waals surface area (Å²) in [6.07, 6.45) is 0. The monoisotopic (exact) mass is 264 g/mol. The van der Waals surface area contributed by atoms with Crippen LogP contribution in [0.2, 0.25) is 0 Å². The second-order valence-electron chi connectivity index (χ2n) is 3.25. The van der Waals surface area contributed by atoms with Gasteiger partial charge >= 0.3 is 0 Å². The van der Waals surface area contributed by atoms with Crippen molar-refractivity contribution in [2.45, 2.75) is 6.92 Å². The number of benzene rings is 1. The first-order chi connectivity index (χ1) is 7.16. The van der Waals surface area contributed by atoms with Gasteiger partial charge in [0.25, 0.3) is 0 Å². The van der Waals surface area contributed by atoms with Crippen molar-refractivity contribution in [2.75, 3.05) is 0 Å². The van der Waals surface area contributed by atoms with Gasteiger partial charge in [0.1, 0.15) is 5.76 Å². The van der Waals surface area contributed by atoms with Crippen LogP contribution in [0, 0.1) is 6.92 Å². The van der Waals surface area contributed by atoms with Crippen molar-refractivity contribution in [3.63, 3.8) is 0 Å². The molecule has 2 nitrogen and oxygen atoms in total. The molecule has 2 aromatic rings. The summed E-state index contributed by atoms with van der Waals surface area (Å²) in [5, 5.41) is 0. The number of rotatable bonds is 2. The highest BCUT2D eigenvalue weighted by Gasteiger charge is 2.12. The van der Waals surface area contributed by atoms with Gasteiger partial charge in [-0.1, -0.05) is 28.1 Å². The number of hydrogen-bond donors (Lipinski definition) is 0. The van der Waals surface area contributed by atoms with E-state index < -0.39 is 0 Å². The molecule has 0 spiro atoms. The molecule has 0 aliphatic rings. The largest absolute Gasteiger partial charge is 0.458 e. The lowest BCUT2D eigenvalue weighted by Gasteiger charge is -1.97. The molecule has 0 radical (unpaired) electrons. The molecule has 1 heterocycles. The van der Waals surface area contributed by atoms with E-state index in [0.29, 0.717) is 11.3 Å². The fourth-order valence-electron chi connectivity index (χ4n) is 1.33. The lowest BCUT2D eigenvalue weighted by molar-refractivity contribution is 0.101. The Bertz CT molecular complexity index is 500. The van der Waals surface area contributed by atoms with Crippen LogP contribution in [-0.2, 0) is 0 Å². The molecule has 3 heteroatoms. The Balaban J connectivity index is 2.36. The molecular weight excluding hydrogens is 256 g/mol. The summed E-state index contributed by atoms with van der Waals surface area (Å²) in [5.41, 5.74) is 0.624. The predicted octanol–water partition coefficient (Wildman–Crippen LogP) is 3.58. The number of carbonyl (C=O) groups is 1. The summed E-state index contributed by atoms with van der Waals surface area (Å²) in [4.78, 5) is 11.9. The van der Waals surface area contributed by atoms with E-state index in [1.807, 2.05) is 19.1 Å². The zero-order chi connectivity index (χ0) is 10.8. The van der Waals surface area contributed by atoms with Gasteiger partial charge in [0, 0.05) is 10.0 Å². The summed E-state index contributed by atoms with van der Waals surface area (Å²) in [6.45, 7) is 1.82. The first kappa shape index (κ1) is 10.2. The molecule has 1 aromatic heterocycles. The molecule has 0 amide bonds. The minimum Gasteiger partial charge on any atom is -0.458 e. The van der Waals surface area contributed by atoms with Gasteiger partial charge in [-0.05, 0) is 31.2 Å². The zero-order valence-electron chi connectivity index (χ0n) is 8.16. The molecular formula is C12H9BrO2. The van der Waals surface area contributed by atoms with Gasteiger partial charge in [0.2, 0.25) is 5.78 Å². The molecule has 2 rings (SSSR count). The topological polar surface area (TPSA) is 30.2 Å².